The van der Waals surface area contributed by atoms with E-state index in [1.807, 2.05) is 12.1 Å². The van der Waals surface area contributed by atoms with Gasteiger partial charge in [0.2, 0.25) is 11.2 Å². The fourth-order valence-electron chi connectivity index (χ4n) is 3.15. The molecule has 2 aromatic heterocycles. The monoisotopic (exact) mass is 435 g/mol. The number of hydrogen-bond donors (Lipinski definition) is 1. The second-order valence-corrected chi connectivity index (χ2v) is 6.97. The van der Waals surface area contributed by atoms with Gasteiger partial charge in [-0.15, -0.1) is 0 Å². The van der Waals surface area contributed by atoms with Gasteiger partial charge in [-0.25, -0.2) is 4.79 Å². The molecule has 0 aliphatic carbocycles. The molecular weight excluding hydrogens is 414 g/mol. The van der Waals surface area contributed by atoms with Crippen molar-refractivity contribution < 1.29 is 14.3 Å². The van der Waals surface area contributed by atoms with Gasteiger partial charge >= 0.3 is 5.69 Å². The zero-order valence-electron chi connectivity index (χ0n) is 17.1. The van der Waals surface area contributed by atoms with E-state index in [2.05, 4.69) is 10.3 Å². The van der Waals surface area contributed by atoms with E-state index in [0.717, 1.165) is 10.1 Å². The van der Waals surface area contributed by atoms with E-state index in [-0.39, 0.29) is 28.9 Å². The molecule has 0 bridgehead atoms. The van der Waals surface area contributed by atoms with Crippen molar-refractivity contribution in [2.24, 2.45) is 14.1 Å². The molecule has 11 heteroatoms. The number of nitrogens with zero attached hydrogens (tertiary/aromatic N) is 4. The summed E-state index contributed by atoms with van der Waals surface area (Å²) in [5.74, 6) is 0.898. The lowest BCUT2D eigenvalue weighted by atomic mass is 10.1. The average molecular weight is 436 g/mol. The van der Waals surface area contributed by atoms with Crippen molar-refractivity contribution in [2.75, 3.05) is 20.8 Å². The summed E-state index contributed by atoms with van der Waals surface area (Å²) in [7, 11) is 5.97. The molecule has 160 valence electrons. The lowest BCUT2D eigenvalue weighted by Crippen LogP contribution is -2.38. The van der Waals surface area contributed by atoms with Crippen molar-refractivity contribution in [3.63, 3.8) is 0 Å². The van der Waals surface area contributed by atoms with Crippen LogP contribution in [0.4, 0.5) is 0 Å². The van der Waals surface area contributed by atoms with Crippen LogP contribution in [0.2, 0.25) is 5.28 Å². The van der Waals surface area contributed by atoms with Gasteiger partial charge in [0.1, 0.15) is 6.54 Å². The quantitative estimate of drug-likeness (QED) is 0.540. The molecule has 1 amide bonds. The van der Waals surface area contributed by atoms with Crippen LogP contribution in [0, 0.1) is 0 Å². The van der Waals surface area contributed by atoms with Crippen molar-refractivity contribution in [3.05, 3.63) is 49.9 Å². The van der Waals surface area contributed by atoms with E-state index in [1.54, 1.807) is 20.3 Å². The van der Waals surface area contributed by atoms with Gasteiger partial charge in [-0.1, -0.05) is 6.07 Å². The van der Waals surface area contributed by atoms with Crippen LogP contribution in [0.3, 0.4) is 0 Å². The highest BCUT2D eigenvalue weighted by atomic mass is 35.5. The van der Waals surface area contributed by atoms with E-state index < -0.39 is 11.2 Å². The predicted octanol–water partition coefficient (Wildman–Crippen LogP) is 0.463. The second kappa shape index (κ2) is 8.62. The standard InChI is InChI=1S/C19H22ClN5O5/c1-23-16-15(17(27)24(2)19(23)28)25(18(20)22-16)10-14(26)21-8-7-11-5-6-12(29-3)13(9-11)30-4/h5-6,9H,7-8,10H2,1-4H3,(H,21,26). The van der Waals surface area contributed by atoms with E-state index in [0.29, 0.717) is 24.5 Å². The number of ether oxygens (including phenoxy) is 2. The number of methoxy groups -OCH3 is 2. The van der Waals surface area contributed by atoms with Crippen LogP contribution in [-0.4, -0.2) is 45.4 Å². The first-order valence-corrected chi connectivity index (χ1v) is 9.45. The molecule has 0 spiro atoms. The van der Waals surface area contributed by atoms with Crippen molar-refractivity contribution >= 4 is 28.7 Å². The summed E-state index contributed by atoms with van der Waals surface area (Å²) < 4.78 is 13.9. The maximum absolute atomic E-state index is 12.5. The van der Waals surface area contributed by atoms with Crippen molar-refractivity contribution in [1.82, 2.24) is 24.0 Å². The number of carbonyl (C=O) groups excluding carboxylic acids is 1. The molecule has 0 radical (unpaired) electrons. The lowest BCUT2D eigenvalue weighted by Gasteiger charge is -2.11. The van der Waals surface area contributed by atoms with Crippen molar-refractivity contribution in [2.45, 2.75) is 13.0 Å². The Morgan fingerprint density at radius 2 is 1.83 bits per heavy atom. The summed E-state index contributed by atoms with van der Waals surface area (Å²) in [6, 6.07) is 5.53. The van der Waals surface area contributed by atoms with Crippen molar-refractivity contribution in [1.29, 1.82) is 0 Å². The van der Waals surface area contributed by atoms with Crippen LogP contribution in [-0.2, 0) is 31.9 Å². The molecule has 0 saturated heterocycles. The Hall–Kier alpha value is -3.27. The average Bonchev–Trinajstić information content (AvgIpc) is 3.06. The third-order valence-corrected chi connectivity index (χ3v) is 5.08. The Labute approximate surface area is 176 Å². The van der Waals surface area contributed by atoms with Crippen LogP contribution in [0.15, 0.2) is 27.8 Å². The van der Waals surface area contributed by atoms with Crippen LogP contribution in [0.5, 0.6) is 11.5 Å². The van der Waals surface area contributed by atoms with E-state index in [1.165, 1.54) is 23.2 Å². The normalized spacial score (nSPS) is 11.0. The predicted molar refractivity (Wildman–Crippen MR) is 111 cm³/mol. The van der Waals surface area contributed by atoms with Gasteiger partial charge < -0.3 is 14.8 Å². The van der Waals surface area contributed by atoms with Gasteiger partial charge in [0, 0.05) is 20.6 Å². The first-order chi connectivity index (χ1) is 14.3. The van der Waals surface area contributed by atoms with Crippen molar-refractivity contribution in [3.8, 4) is 11.5 Å². The molecule has 30 heavy (non-hydrogen) atoms. The molecule has 0 aliphatic rings. The molecule has 0 atom stereocenters. The molecule has 3 rings (SSSR count). The Morgan fingerprint density at radius 3 is 2.50 bits per heavy atom. The number of aryl methyl sites for hydroxylation is 1. The van der Waals surface area contributed by atoms with Crippen LogP contribution in [0.1, 0.15) is 5.56 Å². The number of aromatic nitrogens is 4. The molecule has 10 nitrogen and oxygen atoms in total. The summed E-state index contributed by atoms with van der Waals surface area (Å²) >= 11 is 6.13. The molecular formula is C19H22ClN5O5. The smallest absolute Gasteiger partial charge is 0.332 e. The maximum atomic E-state index is 12.5. The Kier molecular flexibility index (Phi) is 6.16. The van der Waals surface area contributed by atoms with Gasteiger partial charge in [-0.3, -0.25) is 23.3 Å². The number of benzene rings is 1. The summed E-state index contributed by atoms with van der Waals surface area (Å²) in [6.45, 7) is 0.170. The second-order valence-electron chi connectivity index (χ2n) is 6.63. The maximum Gasteiger partial charge on any atom is 0.332 e. The van der Waals surface area contributed by atoms with Gasteiger partial charge in [0.25, 0.3) is 5.56 Å². The highest BCUT2D eigenvalue weighted by molar-refractivity contribution is 6.29. The third-order valence-electron chi connectivity index (χ3n) is 4.79. The number of amides is 1. The highest BCUT2D eigenvalue weighted by Crippen LogP contribution is 2.27. The number of halogens is 1. The van der Waals surface area contributed by atoms with Crippen LogP contribution < -0.4 is 26.0 Å². The number of imidazole rings is 1. The van der Waals surface area contributed by atoms with Gasteiger partial charge in [0.05, 0.1) is 14.2 Å². The van der Waals surface area contributed by atoms with Gasteiger partial charge in [0.15, 0.2) is 22.7 Å². The number of rotatable bonds is 7. The number of hydrogen-bond acceptors (Lipinski definition) is 6. The van der Waals surface area contributed by atoms with Gasteiger partial charge in [-0.05, 0) is 35.7 Å². The molecule has 0 fully saturated rings. The Morgan fingerprint density at radius 1 is 1.13 bits per heavy atom. The minimum atomic E-state index is -0.564. The topological polar surface area (TPSA) is 109 Å². The Balaban J connectivity index is 1.73. The van der Waals surface area contributed by atoms with Gasteiger partial charge in [-0.2, -0.15) is 4.98 Å². The summed E-state index contributed by atoms with van der Waals surface area (Å²) in [5.41, 5.74) is 0.104. The number of nitrogens with one attached hydrogen (secondary N) is 1. The number of fused-ring (bicyclic) bond motifs is 1. The fraction of sp³-hybridized carbons (Fsp3) is 0.368. The summed E-state index contributed by atoms with van der Waals surface area (Å²) in [6.07, 6.45) is 0.570. The zero-order chi connectivity index (χ0) is 22.0. The number of carbonyl (C=O) groups is 1. The summed E-state index contributed by atoms with van der Waals surface area (Å²) in [4.78, 5) is 41.0. The molecule has 0 unspecified atom stereocenters. The molecule has 0 saturated carbocycles. The molecule has 1 aromatic carbocycles. The third kappa shape index (κ3) is 3.90. The zero-order valence-corrected chi connectivity index (χ0v) is 17.8. The largest absolute Gasteiger partial charge is 0.493 e. The van der Waals surface area contributed by atoms with E-state index in [9.17, 15) is 14.4 Å². The van der Waals surface area contributed by atoms with E-state index in [4.69, 9.17) is 21.1 Å². The highest BCUT2D eigenvalue weighted by Gasteiger charge is 2.19. The fourth-order valence-corrected chi connectivity index (χ4v) is 3.37. The molecule has 0 aliphatic heterocycles. The lowest BCUT2D eigenvalue weighted by molar-refractivity contribution is -0.121. The van der Waals surface area contributed by atoms with Crippen LogP contribution >= 0.6 is 11.6 Å². The first kappa shape index (κ1) is 21.4. The molecule has 1 N–H and O–H groups in total. The van der Waals surface area contributed by atoms with Crippen LogP contribution in [0.25, 0.3) is 11.2 Å². The molecule has 3 aromatic rings. The van der Waals surface area contributed by atoms with E-state index >= 15 is 0 Å². The molecule has 2 heterocycles. The minimum Gasteiger partial charge on any atom is -0.493 e. The Bertz CT molecular complexity index is 1230. The summed E-state index contributed by atoms with van der Waals surface area (Å²) in [5, 5.41) is 2.75. The SMILES string of the molecule is COc1ccc(CCNC(=O)Cn2c(Cl)nc3c2c(=O)n(C)c(=O)n3C)cc1OC. The first-order valence-electron chi connectivity index (χ1n) is 9.07. The minimum absolute atomic E-state index is 0.0432.